The highest BCUT2D eigenvalue weighted by Crippen LogP contribution is 2.30. The molecular formula is C20H18F2N6O. The smallest absolute Gasteiger partial charge is 0.243 e. The number of hydrogen-bond donors (Lipinski definition) is 1. The van der Waals surface area contributed by atoms with Gasteiger partial charge in [0.2, 0.25) is 5.91 Å². The summed E-state index contributed by atoms with van der Waals surface area (Å²) < 4.78 is 27.0. The summed E-state index contributed by atoms with van der Waals surface area (Å²) in [7, 11) is 0. The molecule has 1 N–H and O–H groups in total. The maximum absolute atomic E-state index is 13.5. The number of amides is 1. The molecule has 0 spiro atoms. The molecule has 3 rings (SSSR count). The van der Waals surface area contributed by atoms with E-state index >= 15 is 0 Å². The van der Waals surface area contributed by atoms with Gasteiger partial charge in [0.1, 0.15) is 23.5 Å². The average Bonchev–Trinajstić information content (AvgIpc) is 3.20. The van der Waals surface area contributed by atoms with E-state index in [1.54, 1.807) is 6.21 Å². The number of halogens is 2. The number of benzene rings is 1. The van der Waals surface area contributed by atoms with Crippen LogP contribution in [0.3, 0.4) is 0 Å². The van der Waals surface area contributed by atoms with Crippen molar-refractivity contribution >= 4 is 17.9 Å². The molecule has 7 nitrogen and oxygen atoms in total. The van der Waals surface area contributed by atoms with Crippen molar-refractivity contribution in [2.45, 2.75) is 25.3 Å². The van der Waals surface area contributed by atoms with Gasteiger partial charge < -0.3 is 5.32 Å². The first-order valence-electron chi connectivity index (χ1n) is 8.89. The molecule has 0 aliphatic carbocycles. The standard InChI is InChI=1S/C20H18F2N6O/c1-13(10-25-19-12-24-17(9-23)11-26-19)2-3-20(29)28-18(4-5-27-28)14-6-15(21)8-16(22)7-14/h5-8,11-12,18H,1-4,10H2,(H,25,26). The summed E-state index contributed by atoms with van der Waals surface area (Å²) >= 11 is 0. The second kappa shape index (κ2) is 9.01. The predicted octanol–water partition coefficient (Wildman–Crippen LogP) is 3.33. The van der Waals surface area contributed by atoms with Crippen LogP contribution in [0.5, 0.6) is 0 Å². The van der Waals surface area contributed by atoms with Gasteiger partial charge in [0, 0.05) is 31.7 Å². The summed E-state index contributed by atoms with van der Waals surface area (Å²) in [5.74, 6) is -1.14. The maximum Gasteiger partial charge on any atom is 0.243 e. The van der Waals surface area contributed by atoms with E-state index in [1.807, 2.05) is 6.07 Å². The van der Waals surface area contributed by atoms with Gasteiger partial charge in [0.05, 0.1) is 18.4 Å². The van der Waals surface area contributed by atoms with Gasteiger partial charge in [-0.1, -0.05) is 12.2 Å². The number of hydrogen-bond acceptors (Lipinski definition) is 6. The molecule has 1 amide bonds. The van der Waals surface area contributed by atoms with E-state index in [9.17, 15) is 13.6 Å². The summed E-state index contributed by atoms with van der Waals surface area (Å²) in [6.45, 7) is 4.32. The van der Waals surface area contributed by atoms with Crippen LogP contribution in [0.1, 0.15) is 36.6 Å². The fourth-order valence-corrected chi connectivity index (χ4v) is 2.88. The zero-order chi connectivity index (χ0) is 20.8. The lowest BCUT2D eigenvalue weighted by Gasteiger charge is -2.22. The molecule has 2 aromatic rings. The van der Waals surface area contributed by atoms with E-state index < -0.39 is 17.7 Å². The number of nitriles is 1. The predicted molar refractivity (Wildman–Crippen MR) is 103 cm³/mol. The molecular weight excluding hydrogens is 378 g/mol. The number of aromatic nitrogens is 2. The first-order valence-corrected chi connectivity index (χ1v) is 8.89. The summed E-state index contributed by atoms with van der Waals surface area (Å²) in [4.78, 5) is 20.5. The molecule has 148 valence electrons. The lowest BCUT2D eigenvalue weighted by Crippen LogP contribution is -2.27. The third-order valence-corrected chi connectivity index (χ3v) is 4.33. The Kier molecular flexibility index (Phi) is 6.24. The third-order valence-electron chi connectivity index (χ3n) is 4.33. The molecule has 0 saturated heterocycles. The minimum atomic E-state index is -0.690. The number of carbonyl (C=O) groups is 1. The van der Waals surface area contributed by atoms with E-state index in [1.165, 1.54) is 29.5 Å². The zero-order valence-electron chi connectivity index (χ0n) is 15.5. The minimum absolute atomic E-state index is 0.158. The van der Waals surface area contributed by atoms with Crippen molar-refractivity contribution in [1.82, 2.24) is 15.0 Å². The van der Waals surface area contributed by atoms with Gasteiger partial charge in [0.25, 0.3) is 0 Å². The van der Waals surface area contributed by atoms with Gasteiger partial charge in [-0.3, -0.25) is 4.79 Å². The largest absolute Gasteiger partial charge is 0.365 e. The highest BCUT2D eigenvalue weighted by atomic mass is 19.1. The number of rotatable bonds is 7. The molecule has 2 heterocycles. The first kappa shape index (κ1) is 20.1. The second-order valence-corrected chi connectivity index (χ2v) is 6.49. The van der Waals surface area contributed by atoms with Crippen LogP contribution >= 0.6 is 0 Å². The summed E-state index contributed by atoms with van der Waals surface area (Å²) in [6, 6.07) is 4.58. The lowest BCUT2D eigenvalue weighted by atomic mass is 10.0. The number of hydrazone groups is 1. The zero-order valence-corrected chi connectivity index (χ0v) is 15.5. The van der Waals surface area contributed by atoms with Crippen LogP contribution in [0.15, 0.2) is 47.8 Å². The molecule has 0 saturated carbocycles. The highest BCUT2D eigenvalue weighted by molar-refractivity contribution is 5.80. The van der Waals surface area contributed by atoms with Gasteiger partial charge in [0.15, 0.2) is 5.69 Å². The molecule has 0 radical (unpaired) electrons. The van der Waals surface area contributed by atoms with Gasteiger partial charge in [-0.25, -0.2) is 23.8 Å². The molecule has 9 heteroatoms. The fourth-order valence-electron chi connectivity index (χ4n) is 2.88. The van der Waals surface area contributed by atoms with E-state index in [4.69, 9.17) is 5.26 Å². The highest BCUT2D eigenvalue weighted by Gasteiger charge is 2.28. The molecule has 0 fully saturated rings. The molecule has 0 bridgehead atoms. The number of nitrogens with zero attached hydrogens (tertiary/aromatic N) is 5. The van der Waals surface area contributed by atoms with E-state index in [-0.39, 0.29) is 18.0 Å². The van der Waals surface area contributed by atoms with Crippen LogP contribution < -0.4 is 5.32 Å². The number of carbonyl (C=O) groups excluding carboxylic acids is 1. The Morgan fingerprint density at radius 2 is 2.00 bits per heavy atom. The minimum Gasteiger partial charge on any atom is -0.365 e. The lowest BCUT2D eigenvalue weighted by molar-refractivity contribution is -0.133. The monoisotopic (exact) mass is 396 g/mol. The molecule has 1 aliphatic rings. The van der Waals surface area contributed by atoms with Gasteiger partial charge in [-0.2, -0.15) is 10.4 Å². The maximum atomic E-state index is 13.5. The van der Waals surface area contributed by atoms with Crippen molar-refractivity contribution in [3.63, 3.8) is 0 Å². The normalized spacial score (nSPS) is 15.2. The number of anilines is 1. The van der Waals surface area contributed by atoms with Crippen LogP contribution in [0.4, 0.5) is 14.6 Å². The van der Waals surface area contributed by atoms with Crippen LogP contribution in [-0.2, 0) is 4.79 Å². The quantitative estimate of drug-likeness (QED) is 0.725. The molecule has 1 unspecified atom stereocenters. The second-order valence-electron chi connectivity index (χ2n) is 6.49. The number of nitrogens with one attached hydrogen (secondary N) is 1. The summed E-state index contributed by atoms with van der Waals surface area (Å²) in [6.07, 6.45) is 5.32. The van der Waals surface area contributed by atoms with Crippen molar-refractivity contribution in [2.24, 2.45) is 5.10 Å². The van der Waals surface area contributed by atoms with Crippen LogP contribution in [0.2, 0.25) is 0 Å². The Bertz CT molecular complexity index is 963. The molecule has 1 aromatic heterocycles. The molecule has 1 aromatic carbocycles. The van der Waals surface area contributed by atoms with E-state index in [0.717, 1.165) is 11.6 Å². The van der Waals surface area contributed by atoms with Crippen LogP contribution in [0.25, 0.3) is 0 Å². The summed E-state index contributed by atoms with van der Waals surface area (Å²) in [5, 5.41) is 17.1. The van der Waals surface area contributed by atoms with Gasteiger partial charge in [-0.15, -0.1) is 0 Å². The Morgan fingerprint density at radius 1 is 1.24 bits per heavy atom. The third kappa shape index (κ3) is 5.19. The van der Waals surface area contributed by atoms with Gasteiger partial charge in [-0.05, 0) is 24.1 Å². The van der Waals surface area contributed by atoms with E-state index in [0.29, 0.717) is 30.8 Å². The van der Waals surface area contributed by atoms with E-state index in [2.05, 4.69) is 27.0 Å². The first-order chi connectivity index (χ1) is 14.0. The van der Waals surface area contributed by atoms with Crippen molar-refractivity contribution in [3.8, 4) is 6.07 Å². The molecule has 1 aliphatic heterocycles. The van der Waals surface area contributed by atoms with Gasteiger partial charge >= 0.3 is 0 Å². The fraction of sp³-hybridized carbons (Fsp3) is 0.250. The van der Waals surface area contributed by atoms with Crippen LogP contribution in [-0.4, -0.2) is 33.6 Å². The Hall–Kier alpha value is -3.67. The SMILES string of the molecule is C=C(CCC(=O)N1N=CCC1c1cc(F)cc(F)c1)CNc1cnc(C#N)cn1. The van der Waals surface area contributed by atoms with Crippen molar-refractivity contribution in [2.75, 3.05) is 11.9 Å². The van der Waals surface area contributed by atoms with Crippen molar-refractivity contribution in [1.29, 1.82) is 5.26 Å². The topological polar surface area (TPSA) is 94.3 Å². The molecule has 29 heavy (non-hydrogen) atoms. The molecule has 1 atom stereocenters. The van der Waals surface area contributed by atoms with Crippen molar-refractivity contribution < 1.29 is 13.6 Å². The Morgan fingerprint density at radius 3 is 2.66 bits per heavy atom. The van der Waals surface area contributed by atoms with Crippen LogP contribution in [0, 0.1) is 23.0 Å². The average molecular weight is 396 g/mol. The van der Waals surface area contributed by atoms with Crippen molar-refractivity contribution in [3.05, 3.63) is 65.6 Å². The summed E-state index contributed by atoms with van der Waals surface area (Å²) in [5.41, 5.74) is 1.35. The Labute approximate surface area is 166 Å². The Balaban J connectivity index is 1.51.